The first kappa shape index (κ1) is 11.0. The van der Waals surface area contributed by atoms with Crippen molar-refractivity contribution in [2.24, 2.45) is 0 Å². The zero-order valence-corrected chi connectivity index (χ0v) is 8.65. The lowest BCUT2D eigenvalue weighted by Crippen LogP contribution is -2.40. The van der Waals surface area contributed by atoms with Crippen molar-refractivity contribution in [1.82, 2.24) is 10.2 Å². The van der Waals surface area contributed by atoms with E-state index in [1.807, 2.05) is 0 Å². The van der Waals surface area contributed by atoms with Gasteiger partial charge < -0.3 is 10.1 Å². The number of morpholine rings is 1. The van der Waals surface area contributed by atoms with Crippen molar-refractivity contribution in [3.05, 3.63) is 11.6 Å². The molecule has 1 aliphatic rings. The first-order valence-electron chi connectivity index (χ1n) is 4.63. The van der Waals surface area contributed by atoms with Gasteiger partial charge in [-0.05, 0) is 0 Å². The van der Waals surface area contributed by atoms with Crippen LogP contribution in [0.25, 0.3) is 0 Å². The fourth-order valence-corrected chi connectivity index (χ4v) is 1.38. The Hall–Kier alpha value is -0.0900. The molecule has 1 N–H and O–H groups in total. The van der Waals surface area contributed by atoms with Crippen LogP contribution in [0.4, 0.5) is 0 Å². The van der Waals surface area contributed by atoms with Crippen LogP contribution in [0.1, 0.15) is 0 Å². The molecular weight excluding hydrogens is 188 g/mol. The molecule has 1 aliphatic heterocycles. The normalized spacial score (nSPS) is 18.8. The minimum Gasteiger partial charge on any atom is -0.379 e. The van der Waals surface area contributed by atoms with Crippen LogP contribution in [0.2, 0.25) is 0 Å². The Morgan fingerprint density at radius 1 is 1.46 bits per heavy atom. The highest BCUT2D eigenvalue weighted by molar-refractivity contribution is 6.29. The van der Waals surface area contributed by atoms with E-state index in [-0.39, 0.29) is 0 Å². The first-order chi connectivity index (χ1) is 6.29. The minimum atomic E-state index is 0.668. The predicted octanol–water partition coefficient (Wildman–Crippen LogP) is 0.661. The molecule has 0 amide bonds. The number of halogens is 1. The molecule has 76 valence electrons. The third-order valence-corrected chi connectivity index (χ3v) is 2.16. The Morgan fingerprint density at radius 3 is 2.77 bits per heavy atom. The van der Waals surface area contributed by atoms with E-state index in [2.05, 4.69) is 16.8 Å². The second-order valence-corrected chi connectivity index (χ2v) is 3.68. The van der Waals surface area contributed by atoms with Gasteiger partial charge in [0.15, 0.2) is 0 Å². The van der Waals surface area contributed by atoms with E-state index in [4.69, 9.17) is 16.3 Å². The fourth-order valence-electron chi connectivity index (χ4n) is 1.29. The van der Waals surface area contributed by atoms with E-state index in [9.17, 15) is 0 Å². The Kier molecular flexibility index (Phi) is 5.39. The maximum Gasteiger partial charge on any atom is 0.0594 e. The summed E-state index contributed by atoms with van der Waals surface area (Å²) in [5.41, 5.74) is 0. The molecule has 0 aromatic heterocycles. The van der Waals surface area contributed by atoms with Gasteiger partial charge in [-0.15, -0.1) is 0 Å². The van der Waals surface area contributed by atoms with Crippen LogP contribution in [-0.4, -0.2) is 50.8 Å². The first-order valence-corrected chi connectivity index (χ1v) is 5.01. The van der Waals surface area contributed by atoms with Crippen LogP contribution in [0, 0.1) is 0 Å². The molecule has 0 atom stereocenters. The van der Waals surface area contributed by atoms with Gasteiger partial charge in [-0.2, -0.15) is 0 Å². The van der Waals surface area contributed by atoms with E-state index in [0.29, 0.717) is 11.6 Å². The molecule has 0 aromatic carbocycles. The van der Waals surface area contributed by atoms with Crippen molar-refractivity contribution in [3.8, 4) is 0 Å². The predicted molar refractivity (Wildman–Crippen MR) is 55.1 cm³/mol. The summed E-state index contributed by atoms with van der Waals surface area (Å²) in [5, 5.41) is 3.89. The van der Waals surface area contributed by atoms with Gasteiger partial charge in [0, 0.05) is 37.8 Å². The monoisotopic (exact) mass is 204 g/mol. The number of hydrogen-bond acceptors (Lipinski definition) is 3. The molecule has 0 aromatic rings. The van der Waals surface area contributed by atoms with Gasteiger partial charge in [-0.1, -0.05) is 18.2 Å². The quantitative estimate of drug-likeness (QED) is 0.666. The summed E-state index contributed by atoms with van der Waals surface area (Å²) >= 11 is 5.61. The summed E-state index contributed by atoms with van der Waals surface area (Å²) in [7, 11) is 0. The summed E-state index contributed by atoms with van der Waals surface area (Å²) in [6.45, 7) is 10.2. The smallest absolute Gasteiger partial charge is 0.0594 e. The molecule has 1 rings (SSSR count). The summed E-state index contributed by atoms with van der Waals surface area (Å²) in [5.74, 6) is 0. The topological polar surface area (TPSA) is 24.5 Å². The van der Waals surface area contributed by atoms with Crippen molar-refractivity contribution in [3.63, 3.8) is 0 Å². The van der Waals surface area contributed by atoms with E-state index in [1.165, 1.54) is 0 Å². The minimum absolute atomic E-state index is 0.668. The molecule has 1 heterocycles. The molecule has 0 radical (unpaired) electrons. The molecule has 0 spiro atoms. The van der Waals surface area contributed by atoms with Crippen LogP contribution >= 0.6 is 11.6 Å². The lowest BCUT2D eigenvalue weighted by molar-refractivity contribution is 0.0385. The summed E-state index contributed by atoms with van der Waals surface area (Å²) < 4.78 is 5.25. The number of hydrogen-bond donors (Lipinski definition) is 1. The Morgan fingerprint density at radius 2 is 2.15 bits per heavy atom. The molecule has 0 saturated carbocycles. The molecular formula is C9H17ClN2O. The maximum absolute atomic E-state index is 5.61. The van der Waals surface area contributed by atoms with Crippen molar-refractivity contribution in [2.75, 3.05) is 45.9 Å². The van der Waals surface area contributed by atoms with Gasteiger partial charge in [0.2, 0.25) is 0 Å². The van der Waals surface area contributed by atoms with Gasteiger partial charge >= 0.3 is 0 Å². The molecule has 0 bridgehead atoms. The summed E-state index contributed by atoms with van der Waals surface area (Å²) in [6.07, 6.45) is 0. The van der Waals surface area contributed by atoms with E-state index in [1.54, 1.807) is 0 Å². The molecule has 3 nitrogen and oxygen atoms in total. The van der Waals surface area contributed by atoms with Crippen LogP contribution in [-0.2, 0) is 4.74 Å². The highest BCUT2D eigenvalue weighted by atomic mass is 35.5. The van der Waals surface area contributed by atoms with E-state index < -0.39 is 0 Å². The summed E-state index contributed by atoms with van der Waals surface area (Å²) in [6, 6.07) is 0. The number of nitrogens with zero attached hydrogens (tertiary/aromatic N) is 1. The number of nitrogens with one attached hydrogen (secondary N) is 1. The SMILES string of the molecule is C=C(Cl)CNCCN1CCOCC1. The molecule has 0 unspecified atom stereocenters. The molecule has 13 heavy (non-hydrogen) atoms. The average molecular weight is 205 g/mol. The standard InChI is InChI=1S/C9H17ClN2O/c1-9(10)8-11-2-3-12-4-6-13-7-5-12/h11H,1-8H2. The van der Waals surface area contributed by atoms with Gasteiger partial charge in [-0.3, -0.25) is 4.90 Å². The Bertz CT molecular complexity index is 158. The van der Waals surface area contributed by atoms with Crippen molar-refractivity contribution in [1.29, 1.82) is 0 Å². The van der Waals surface area contributed by atoms with Crippen LogP contribution in [0.5, 0.6) is 0 Å². The largest absolute Gasteiger partial charge is 0.379 e. The third-order valence-electron chi connectivity index (χ3n) is 2.03. The fraction of sp³-hybridized carbons (Fsp3) is 0.778. The second-order valence-electron chi connectivity index (χ2n) is 3.15. The highest BCUT2D eigenvalue weighted by Gasteiger charge is 2.08. The van der Waals surface area contributed by atoms with E-state index in [0.717, 1.165) is 39.4 Å². The van der Waals surface area contributed by atoms with Crippen LogP contribution in [0.3, 0.4) is 0 Å². The highest BCUT2D eigenvalue weighted by Crippen LogP contribution is 1.95. The average Bonchev–Trinajstić information content (AvgIpc) is 2.14. The van der Waals surface area contributed by atoms with Gasteiger partial charge in [0.1, 0.15) is 0 Å². The zero-order chi connectivity index (χ0) is 9.52. The number of ether oxygens (including phenoxy) is 1. The maximum atomic E-state index is 5.61. The second kappa shape index (κ2) is 6.38. The van der Waals surface area contributed by atoms with Crippen molar-refractivity contribution >= 4 is 11.6 Å². The lowest BCUT2D eigenvalue weighted by Gasteiger charge is -2.26. The molecule has 0 aliphatic carbocycles. The van der Waals surface area contributed by atoms with Gasteiger partial charge in [0.05, 0.1) is 13.2 Å². The van der Waals surface area contributed by atoms with Crippen molar-refractivity contribution < 1.29 is 4.74 Å². The zero-order valence-electron chi connectivity index (χ0n) is 7.89. The van der Waals surface area contributed by atoms with Crippen molar-refractivity contribution in [2.45, 2.75) is 0 Å². The van der Waals surface area contributed by atoms with Crippen LogP contribution in [0.15, 0.2) is 11.6 Å². The molecule has 1 fully saturated rings. The number of rotatable bonds is 5. The van der Waals surface area contributed by atoms with E-state index >= 15 is 0 Å². The Balaban J connectivity index is 1.95. The van der Waals surface area contributed by atoms with Gasteiger partial charge in [0.25, 0.3) is 0 Å². The molecule has 4 heteroatoms. The van der Waals surface area contributed by atoms with Gasteiger partial charge in [-0.25, -0.2) is 0 Å². The van der Waals surface area contributed by atoms with Crippen LogP contribution < -0.4 is 5.32 Å². The lowest BCUT2D eigenvalue weighted by atomic mass is 10.4. The summed E-state index contributed by atoms with van der Waals surface area (Å²) in [4.78, 5) is 2.38. The molecule has 1 saturated heterocycles. The Labute approximate surface area is 84.7 Å². The third kappa shape index (κ3) is 5.26.